The summed E-state index contributed by atoms with van der Waals surface area (Å²) in [5, 5.41) is 0. The van der Waals surface area contributed by atoms with E-state index in [2.05, 4.69) is 13.8 Å². The van der Waals surface area contributed by atoms with Crippen molar-refractivity contribution in [2.75, 3.05) is 13.2 Å². The van der Waals surface area contributed by atoms with Crippen molar-refractivity contribution >= 4 is 0 Å². The van der Waals surface area contributed by atoms with Crippen LogP contribution in [0.15, 0.2) is 0 Å². The van der Waals surface area contributed by atoms with Crippen LogP contribution in [0.2, 0.25) is 0 Å². The van der Waals surface area contributed by atoms with Crippen molar-refractivity contribution in [2.24, 2.45) is 17.1 Å². The van der Waals surface area contributed by atoms with Gasteiger partial charge in [-0.1, -0.05) is 13.8 Å². The number of rotatable bonds is 2. The first-order valence-corrected chi connectivity index (χ1v) is 5.92. The Bertz CT molecular complexity index is 208. The summed E-state index contributed by atoms with van der Waals surface area (Å²) >= 11 is 0. The normalized spacial score (nSPS) is 31.5. The predicted octanol–water partition coefficient (Wildman–Crippen LogP) is 2.32. The van der Waals surface area contributed by atoms with E-state index in [1.54, 1.807) is 0 Å². The first kappa shape index (κ1) is 10.4. The van der Waals surface area contributed by atoms with Gasteiger partial charge in [0, 0.05) is 6.61 Å². The van der Waals surface area contributed by atoms with E-state index in [1.165, 1.54) is 32.1 Å². The van der Waals surface area contributed by atoms with E-state index >= 15 is 0 Å². The van der Waals surface area contributed by atoms with Crippen LogP contribution in [0.25, 0.3) is 0 Å². The van der Waals surface area contributed by atoms with Crippen molar-refractivity contribution in [3.8, 4) is 0 Å². The van der Waals surface area contributed by atoms with Crippen LogP contribution >= 0.6 is 0 Å². The molecule has 2 aliphatic rings. The molecule has 1 saturated carbocycles. The van der Waals surface area contributed by atoms with E-state index in [0.717, 1.165) is 19.1 Å². The number of ether oxygens (including phenoxy) is 1. The molecular formula is C12H23NO. The Morgan fingerprint density at radius 3 is 2.64 bits per heavy atom. The molecule has 0 bridgehead atoms. The summed E-state index contributed by atoms with van der Waals surface area (Å²) in [7, 11) is 0. The Labute approximate surface area is 87.2 Å². The summed E-state index contributed by atoms with van der Waals surface area (Å²) in [4.78, 5) is 0. The quantitative estimate of drug-likeness (QED) is 0.737. The van der Waals surface area contributed by atoms with Crippen LogP contribution in [-0.2, 0) is 4.74 Å². The van der Waals surface area contributed by atoms with Crippen LogP contribution < -0.4 is 5.73 Å². The highest BCUT2D eigenvalue weighted by atomic mass is 16.5. The van der Waals surface area contributed by atoms with Gasteiger partial charge in [0.2, 0.25) is 0 Å². The van der Waals surface area contributed by atoms with Crippen molar-refractivity contribution in [3.63, 3.8) is 0 Å². The highest BCUT2D eigenvalue weighted by molar-refractivity contribution is 4.97. The molecule has 1 saturated heterocycles. The van der Waals surface area contributed by atoms with Gasteiger partial charge in [0.05, 0.1) is 5.60 Å². The fourth-order valence-electron chi connectivity index (χ4n) is 2.78. The molecule has 0 aromatic rings. The minimum absolute atomic E-state index is 0.273. The maximum absolute atomic E-state index is 5.93. The Balaban J connectivity index is 2.00. The zero-order chi connectivity index (χ0) is 10.2. The van der Waals surface area contributed by atoms with Gasteiger partial charge < -0.3 is 10.5 Å². The lowest BCUT2D eigenvalue weighted by Crippen LogP contribution is -2.49. The third-order valence-corrected chi connectivity index (χ3v) is 4.39. The fraction of sp³-hybridized carbons (Fsp3) is 1.00. The molecule has 1 unspecified atom stereocenters. The summed E-state index contributed by atoms with van der Waals surface area (Å²) in [5.41, 5.74) is 6.42. The molecule has 0 radical (unpaired) electrons. The van der Waals surface area contributed by atoms with Crippen LogP contribution in [0.5, 0.6) is 0 Å². The number of hydrogen-bond donors (Lipinski definition) is 1. The minimum Gasteiger partial charge on any atom is -0.375 e. The molecule has 0 amide bonds. The average molecular weight is 197 g/mol. The molecule has 2 fully saturated rings. The van der Waals surface area contributed by atoms with E-state index in [4.69, 9.17) is 10.5 Å². The van der Waals surface area contributed by atoms with Gasteiger partial charge in [-0.25, -0.2) is 0 Å². The van der Waals surface area contributed by atoms with Gasteiger partial charge in [-0.15, -0.1) is 0 Å². The van der Waals surface area contributed by atoms with Crippen molar-refractivity contribution in [1.29, 1.82) is 0 Å². The van der Waals surface area contributed by atoms with Gasteiger partial charge in [0.1, 0.15) is 0 Å². The molecule has 2 rings (SSSR count). The molecule has 2 N–H and O–H groups in total. The molecule has 1 spiro atoms. The van der Waals surface area contributed by atoms with Crippen LogP contribution in [0.1, 0.15) is 46.0 Å². The molecule has 2 nitrogen and oxygen atoms in total. The van der Waals surface area contributed by atoms with Crippen molar-refractivity contribution in [1.82, 2.24) is 0 Å². The molecule has 1 aliphatic carbocycles. The Hall–Kier alpha value is -0.0800. The predicted molar refractivity (Wildman–Crippen MR) is 58.1 cm³/mol. The van der Waals surface area contributed by atoms with Gasteiger partial charge in [0.25, 0.3) is 0 Å². The zero-order valence-electron chi connectivity index (χ0n) is 9.51. The molecule has 1 heterocycles. The van der Waals surface area contributed by atoms with E-state index in [9.17, 15) is 0 Å². The third-order valence-electron chi connectivity index (χ3n) is 4.39. The van der Waals surface area contributed by atoms with Crippen LogP contribution in [0.4, 0.5) is 0 Å². The Morgan fingerprint density at radius 2 is 2.14 bits per heavy atom. The molecule has 14 heavy (non-hydrogen) atoms. The number of hydrogen-bond acceptors (Lipinski definition) is 2. The number of nitrogens with two attached hydrogens (primary N) is 1. The second kappa shape index (κ2) is 3.49. The zero-order valence-corrected chi connectivity index (χ0v) is 9.51. The smallest absolute Gasteiger partial charge is 0.0685 e. The highest BCUT2D eigenvalue weighted by Gasteiger charge is 2.45. The molecule has 0 aromatic heterocycles. The lowest BCUT2D eigenvalue weighted by molar-refractivity contribution is -0.156. The Morgan fingerprint density at radius 1 is 1.43 bits per heavy atom. The molecule has 2 heteroatoms. The van der Waals surface area contributed by atoms with Gasteiger partial charge >= 0.3 is 0 Å². The maximum Gasteiger partial charge on any atom is 0.0685 e. The topological polar surface area (TPSA) is 35.2 Å². The second-order valence-corrected chi connectivity index (χ2v) is 5.77. The minimum atomic E-state index is 0.273. The maximum atomic E-state index is 5.93. The van der Waals surface area contributed by atoms with E-state index in [-0.39, 0.29) is 5.60 Å². The van der Waals surface area contributed by atoms with E-state index in [0.29, 0.717) is 5.41 Å². The molecule has 82 valence electrons. The van der Waals surface area contributed by atoms with Crippen molar-refractivity contribution in [2.45, 2.75) is 51.6 Å². The second-order valence-electron chi connectivity index (χ2n) is 5.77. The van der Waals surface area contributed by atoms with E-state index in [1.807, 2.05) is 0 Å². The lowest BCUT2D eigenvalue weighted by Gasteiger charge is -2.50. The molecule has 1 atom stereocenters. The first-order valence-electron chi connectivity index (χ1n) is 5.92. The monoisotopic (exact) mass is 197 g/mol. The average Bonchev–Trinajstić information content (AvgIpc) is 2.16. The Kier molecular flexibility index (Phi) is 2.61. The summed E-state index contributed by atoms with van der Waals surface area (Å²) in [6.45, 7) is 6.35. The highest BCUT2D eigenvalue weighted by Crippen LogP contribution is 2.48. The first-order chi connectivity index (χ1) is 6.58. The van der Waals surface area contributed by atoms with Gasteiger partial charge in [-0.2, -0.15) is 0 Å². The van der Waals surface area contributed by atoms with E-state index < -0.39 is 0 Å². The third kappa shape index (κ3) is 1.70. The van der Waals surface area contributed by atoms with Crippen molar-refractivity contribution in [3.05, 3.63) is 0 Å². The van der Waals surface area contributed by atoms with Gasteiger partial charge in [-0.05, 0) is 50.0 Å². The standard InChI is InChI=1S/C12H23NO/c1-11(2,9-13)10-4-7-14-12(8-10)5-3-6-12/h10H,3-9,13H2,1-2H3. The summed E-state index contributed by atoms with van der Waals surface area (Å²) in [6.07, 6.45) is 6.37. The summed E-state index contributed by atoms with van der Waals surface area (Å²) in [5.74, 6) is 0.765. The SMILES string of the molecule is CC(C)(CN)C1CCOC2(CCC2)C1. The largest absolute Gasteiger partial charge is 0.375 e. The molecule has 0 aromatic carbocycles. The van der Waals surface area contributed by atoms with Gasteiger partial charge in [-0.3, -0.25) is 0 Å². The van der Waals surface area contributed by atoms with Crippen LogP contribution in [-0.4, -0.2) is 18.8 Å². The van der Waals surface area contributed by atoms with Crippen molar-refractivity contribution < 1.29 is 4.74 Å². The molecule has 1 aliphatic heterocycles. The summed E-state index contributed by atoms with van der Waals surface area (Å²) in [6, 6.07) is 0. The van der Waals surface area contributed by atoms with Crippen LogP contribution in [0, 0.1) is 11.3 Å². The molecular weight excluding hydrogens is 174 g/mol. The fourth-order valence-corrected chi connectivity index (χ4v) is 2.78. The summed E-state index contributed by atoms with van der Waals surface area (Å²) < 4.78 is 5.93. The lowest BCUT2D eigenvalue weighted by atomic mass is 9.65. The van der Waals surface area contributed by atoms with Crippen LogP contribution in [0.3, 0.4) is 0 Å². The van der Waals surface area contributed by atoms with Gasteiger partial charge in [0.15, 0.2) is 0 Å².